The lowest BCUT2D eigenvalue weighted by Crippen LogP contribution is -2.44. The van der Waals surface area contributed by atoms with E-state index in [4.69, 9.17) is 0 Å². The Labute approximate surface area is 85.5 Å². The Morgan fingerprint density at radius 2 is 2.33 bits per heavy atom. The highest BCUT2D eigenvalue weighted by Crippen LogP contribution is 2.27. The van der Waals surface area contributed by atoms with Crippen LogP contribution in [0.25, 0.3) is 0 Å². The van der Waals surface area contributed by atoms with E-state index in [1.54, 1.807) is 0 Å². The summed E-state index contributed by atoms with van der Waals surface area (Å²) in [6.45, 7) is 1.53. The average molecular weight is 212 g/mol. The van der Waals surface area contributed by atoms with Crippen molar-refractivity contribution in [3.05, 3.63) is 16.4 Å². The van der Waals surface area contributed by atoms with Crippen LogP contribution < -0.4 is 5.76 Å². The quantitative estimate of drug-likeness (QED) is 0.726. The topological polar surface area (TPSA) is 85.3 Å². The van der Waals surface area contributed by atoms with Crippen LogP contribution in [-0.2, 0) is 16.8 Å². The van der Waals surface area contributed by atoms with Crippen molar-refractivity contribution in [3.63, 3.8) is 0 Å². The highest BCUT2D eigenvalue weighted by atomic mass is 16.5. The van der Waals surface area contributed by atoms with E-state index in [9.17, 15) is 14.7 Å². The lowest BCUT2D eigenvalue weighted by molar-refractivity contribution is -0.147. The number of carboxylic acids is 1. The number of carbonyl (C=O) groups is 1. The number of carboxylic acid groups (broad SMARTS) is 1. The Morgan fingerprint density at radius 3 is 3.00 bits per heavy atom. The van der Waals surface area contributed by atoms with Crippen LogP contribution in [0.4, 0.5) is 0 Å². The van der Waals surface area contributed by atoms with E-state index in [1.807, 2.05) is 0 Å². The summed E-state index contributed by atoms with van der Waals surface area (Å²) in [5, 5.41) is 12.8. The zero-order chi connectivity index (χ0) is 11.1. The van der Waals surface area contributed by atoms with Crippen LogP contribution in [-0.4, -0.2) is 20.8 Å². The molecule has 15 heavy (non-hydrogen) atoms. The van der Waals surface area contributed by atoms with E-state index in [0.29, 0.717) is 18.7 Å². The summed E-state index contributed by atoms with van der Waals surface area (Å²) in [5.41, 5.74) is -1.22. The lowest BCUT2D eigenvalue weighted by atomic mass is 9.96. The van der Waals surface area contributed by atoms with Gasteiger partial charge in [-0.3, -0.25) is 4.52 Å². The maximum Gasteiger partial charge on any atom is 0.442 e. The number of hydrogen-bond donors (Lipinski definition) is 1. The second-order valence-corrected chi connectivity index (χ2v) is 3.99. The minimum Gasteiger partial charge on any atom is -0.479 e. The van der Waals surface area contributed by atoms with Crippen molar-refractivity contribution in [2.24, 2.45) is 0 Å². The van der Waals surface area contributed by atoms with Gasteiger partial charge < -0.3 is 5.11 Å². The third-order valence-corrected chi connectivity index (χ3v) is 2.94. The van der Waals surface area contributed by atoms with Crippen molar-refractivity contribution in [2.45, 2.75) is 38.1 Å². The van der Waals surface area contributed by atoms with Crippen molar-refractivity contribution >= 4 is 5.97 Å². The van der Waals surface area contributed by atoms with Crippen molar-refractivity contribution in [1.82, 2.24) is 9.72 Å². The largest absolute Gasteiger partial charge is 0.479 e. The van der Waals surface area contributed by atoms with E-state index in [2.05, 4.69) is 9.68 Å². The molecular formula is C9H12N2O4. The molecule has 1 unspecified atom stereocenters. The average Bonchev–Trinajstić information content (AvgIpc) is 2.44. The molecule has 1 N–H and O–H groups in total. The Balaban J connectivity index is 2.63. The molecule has 0 fully saturated rings. The fourth-order valence-corrected chi connectivity index (χ4v) is 1.99. The molecular weight excluding hydrogens is 200 g/mol. The van der Waals surface area contributed by atoms with Crippen molar-refractivity contribution < 1.29 is 14.4 Å². The van der Waals surface area contributed by atoms with Gasteiger partial charge in [-0.2, -0.15) is 0 Å². The first-order chi connectivity index (χ1) is 7.05. The van der Waals surface area contributed by atoms with Gasteiger partial charge in [0.25, 0.3) is 0 Å². The van der Waals surface area contributed by atoms with Gasteiger partial charge in [-0.05, 0) is 19.8 Å². The summed E-state index contributed by atoms with van der Waals surface area (Å²) in [5.74, 6) is -1.27. The molecule has 1 aliphatic heterocycles. The molecule has 0 saturated heterocycles. The van der Waals surface area contributed by atoms with Crippen LogP contribution in [0.15, 0.2) is 9.32 Å². The molecule has 0 aliphatic carbocycles. The molecule has 0 spiro atoms. The molecule has 2 heterocycles. The van der Waals surface area contributed by atoms with Gasteiger partial charge in [-0.25, -0.2) is 14.2 Å². The normalized spacial score (nSPS) is 25.7. The third-order valence-electron chi connectivity index (χ3n) is 2.94. The molecule has 0 saturated carbocycles. The predicted octanol–water partition coefficient (Wildman–Crippen LogP) is 0.363. The van der Waals surface area contributed by atoms with E-state index in [-0.39, 0.29) is 0 Å². The first-order valence-corrected chi connectivity index (χ1v) is 4.87. The second-order valence-electron chi connectivity index (χ2n) is 3.99. The number of nitrogens with zero attached hydrogens (tertiary/aromatic N) is 2. The first-order valence-electron chi connectivity index (χ1n) is 4.87. The lowest BCUT2D eigenvalue weighted by Gasteiger charge is -2.23. The van der Waals surface area contributed by atoms with E-state index < -0.39 is 17.3 Å². The molecule has 6 nitrogen and oxygen atoms in total. The summed E-state index contributed by atoms with van der Waals surface area (Å²) in [6.07, 6.45) is 2.62. The smallest absolute Gasteiger partial charge is 0.442 e. The molecule has 1 aromatic rings. The van der Waals surface area contributed by atoms with Gasteiger partial charge >= 0.3 is 11.7 Å². The van der Waals surface area contributed by atoms with Gasteiger partial charge in [-0.1, -0.05) is 11.6 Å². The van der Waals surface area contributed by atoms with Gasteiger partial charge in [0.2, 0.25) is 0 Å². The Kier molecular flexibility index (Phi) is 2.13. The maximum absolute atomic E-state index is 11.4. The van der Waals surface area contributed by atoms with Crippen molar-refractivity contribution in [3.8, 4) is 0 Å². The zero-order valence-corrected chi connectivity index (χ0v) is 8.39. The summed E-state index contributed by atoms with van der Waals surface area (Å²) in [6, 6.07) is 0. The molecule has 1 aliphatic rings. The minimum atomic E-state index is -1.22. The van der Waals surface area contributed by atoms with Crippen LogP contribution >= 0.6 is 0 Å². The van der Waals surface area contributed by atoms with E-state index >= 15 is 0 Å². The molecule has 0 bridgehead atoms. The molecule has 0 aromatic carbocycles. The number of rotatable bonds is 1. The number of aryl methyl sites for hydroxylation is 1. The fourth-order valence-electron chi connectivity index (χ4n) is 1.99. The van der Waals surface area contributed by atoms with E-state index in [0.717, 1.165) is 12.8 Å². The third kappa shape index (κ3) is 1.36. The summed E-state index contributed by atoms with van der Waals surface area (Å²) in [7, 11) is 0. The van der Waals surface area contributed by atoms with Gasteiger partial charge in [-0.15, -0.1) is 0 Å². The van der Waals surface area contributed by atoms with Gasteiger partial charge in [0.05, 0.1) is 0 Å². The molecule has 1 aromatic heterocycles. The monoisotopic (exact) mass is 212 g/mol. The number of aliphatic carboxylic acids is 1. The number of hydrogen-bond acceptors (Lipinski definition) is 4. The van der Waals surface area contributed by atoms with Gasteiger partial charge in [0, 0.05) is 6.42 Å². The van der Waals surface area contributed by atoms with Crippen LogP contribution in [0.1, 0.15) is 32.0 Å². The highest BCUT2D eigenvalue weighted by molar-refractivity contribution is 5.76. The molecule has 0 amide bonds. The Bertz CT molecular complexity index is 447. The summed E-state index contributed by atoms with van der Waals surface area (Å²) >= 11 is 0. The van der Waals surface area contributed by atoms with Crippen LogP contribution in [0.2, 0.25) is 0 Å². The Morgan fingerprint density at radius 1 is 1.60 bits per heavy atom. The van der Waals surface area contributed by atoms with Crippen LogP contribution in [0.5, 0.6) is 0 Å². The van der Waals surface area contributed by atoms with E-state index in [1.165, 1.54) is 11.5 Å². The van der Waals surface area contributed by atoms with Crippen molar-refractivity contribution in [1.29, 1.82) is 0 Å². The van der Waals surface area contributed by atoms with Gasteiger partial charge in [0.15, 0.2) is 5.82 Å². The first kappa shape index (κ1) is 9.95. The molecule has 0 radical (unpaired) electrons. The van der Waals surface area contributed by atoms with Crippen LogP contribution in [0.3, 0.4) is 0 Å². The van der Waals surface area contributed by atoms with Crippen LogP contribution in [0, 0.1) is 0 Å². The van der Waals surface area contributed by atoms with Gasteiger partial charge in [0.1, 0.15) is 5.54 Å². The SMILES string of the molecule is CC1(C(=O)O)CCCCc2noc(=O)n21. The molecule has 82 valence electrons. The number of fused-ring (bicyclic) bond motifs is 1. The second kappa shape index (κ2) is 3.22. The Hall–Kier alpha value is -1.59. The number of aromatic nitrogens is 2. The maximum atomic E-state index is 11.4. The molecule has 6 heteroatoms. The molecule has 1 atom stereocenters. The highest BCUT2D eigenvalue weighted by Gasteiger charge is 2.40. The fraction of sp³-hybridized carbons (Fsp3) is 0.667. The summed E-state index contributed by atoms with van der Waals surface area (Å²) < 4.78 is 5.68. The molecule has 2 rings (SSSR count). The zero-order valence-electron chi connectivity index (χ0n) is 8.39. The summed E-state index contributed by atoms with van der Waals surface area (Å²) in [4.78, 5) is 22.6. The van der Waals surface area contributed by atoms with Crippen molar-refractivity contribution in [2.75, 3.05) is 0 Å². The minimum absolute atomic E-state index is 0.427. The predicted molar refractivity (Wildman–Crippen MR) is 49.6 cm³/mol. The standard InChI is InChI=1S/C9H12N2O4/c1-9(7(12)13)5-3-2-4-6-10-15-8(14)11(6)9/h2-5H2,1H3,(H,12,13).